The molecule has 20 heavy (non-hydrogen) atoms. The number of aliphatic carboxylic acids is 1. The minimum absolute atomic E-state index is 0.158. The number of carboxylic acid groups (broad SMARTS) is 1. The highest BCUT2D eigenvalue weighted by molar-refractivity contribution is 6.00. The number of hydrogen-bond acceptors (Lipinski definition) is 4. The van der Waals surface area contributed by atoms with Gasteiger partial charge in [0.1, 0.15) is 12.3 Å². The lowest BCUT2D eigenvalue weighted by Gasteiger charge is -2.23. The molecule has 0 atom stereocenters. The van der Waals surface area contributed by atoms with Crippen LogP contribution in [-0.2, 0) is 4.79 Å². The Hall–Kier alpha value is -2.24. The summed E-state index contributed by atoms with van der Waals surface area (Å²) >= 11 is 0. The van der Waals surface area contributed by atoms with E-state index in [9.17, 15) is 9.59 Å². The summed E-state index contributed by atoms with van der Waals surface area (Å²) < 4.78 is 5.06. The number of carboxylic acids is 1. The van der Waals surface area contributed by atoms with Crippen LogP contribution >= 0.6 is 0 Å². The van der Waals surface area contributed by atoms with Gasteiger partial charge >= 0.3 is 5.97 Å². The fourth-order valence-corrected chi connectivity index (χ4v) is 1.84. The van der Waals surface area contributed by atoms with Crippen molar-refractivity contribution in [3.05, 3.63) is 23.8 Å². The lowest BCUT2D eigenvalue weighted by atomic mass is 10.1. The van der Waals surface area contributed by atoms with Crippen molar-refractivity contribution in [3.63, 3.8) is 0 Å². The van der Waals surface area contributed by atoms with Crippen LogP contribution in [0.1, 0.15) is 24.2 Å². The van der Waals surface area contributed by atoms with E-state index in [0.29, 0.717) is 18.0 Å². The van der Waals surface area contributed by atoms with E-state index in [0.717, 1.165) is 0 Å². The van der Waals surface area contributed by atoms with Crippen molar-refractivity contribution >= 4 is 17.6 Å². The van der Waals surface area contributed by atoms with Crippen LogP contribution in [0.4, 0.5) is 5.69 Å². The van der Waals surface area contributed by atoms with Crippen LogP contribution in [0.5, 0.6) is 5.75 Å². The van der Waals surface area contributed by atoms with Gasteiger partial charge in [-0.3, -0.25) is 9.59 Å². The number of nitrogens with zero attached hydrogens (tertiary/aromatic N) is 1. The molecule has 1 aromatic rings. The fourth-order valence-electron chi connectivity index (χ4n) is 1.84. The van der Waals surface area contributed by atoms with Crippen molar-refractivity contribution in [2.45, 2.75) is 13.8 Å². The molecular formula is C14H20N2O4. The number of amides is 1. The zero-order chi connectivity index (χ0) is 15.3. The van der Waals surface area contributed by atoms with Gasteiger partial charge in [-0.15, -0.1) is 0 Å². The van der Waals surface area contributed by atoms with Crippen LogP contribution < -0.4 is 10.5 Å². The first-order chi connectivity index (χ1) is 9.35. The number of ether oxygens (including phenoxy) is 1. The number of carbonyl (C=O) groups excluding carboxylic acids is 1. The quantitative estimate of drug-likeness (QED) is 0.769. The molecule has 1 rings (SSSR count). The highest BCUT2D eigenvalue weighted by Gasteiger charge is 2.21. The molecule has 0 bridgehead atoms. The van der Waals surface area contributed by atoms with E-state index < -0.39 is 11.9 Å². The maximum atomic E-state index is 12.4. The van der Waals surface area contributed by atoms with Gasteiger partial charge in [-0.2, -0.15) is 0 Å². The van der Waals surface area contributed by atoms with E-state index in [1.165, 1.54) is 18.1 Å². The lowest BCUT2D eigenvalue weighted by molar-refractivity contribution is -0.137. The Morgan fingerprint density at radius 1 is 1.40 bits per heavy atom. The fraction of sp³-hybridized carbons (Fsp3) is 0.429. The molecule has 1 amide bonds. The van der Waals surface area contributed by atoms with Crippen LogP contribution in [0, 0.1) is 5.92 Å². The molecule has 0 aliphatic rings. The number of carbonyl (C=O) groups is 2. The SMILES string of the molecule is COc1ccc(N)c(C(=O)N(CC(=O)O)CC(C)C)c1. The highest BCUT2D eigenvalue weighted by Crippen LogP contribution is 2.21. The molecule has 0 unspecified atom stereocenters. The Bertz CT molecular complexity index is 500. The van der Waals surface area contributed by atoms with Gasteiger partial charge in [-0.25, -0.2) is 0 Å². The second-order valence-electron chi connectivity index (χ2n) is 4.93. The van der Waals surface area contributed by atoms with Crippen molar-refractivity contribution in [2.75, 3.05) is 25.9 Å². The zero-order valence-electron chi connectivity index (χ0n) is 11.9. The molecule has 0 heterocycles. The second-order valence-corrected chi connectivity index (χ2v) is 4.93. The summed E-state index contributed by atoms with van der Waals surface area (Å²) in [5.74, 6) is -0.800. The standard InChI is InChI=1S/C14H20N2O4/c1-9(2)7-16(8-13(17)18)14(19)11-6-10(20-3)4-5-12(11)15/h4-6,9H,7-8,15H2,1-3H3,(H,17,18). The molecule has 0 aliphatic carbocycles. The van der Waals surface area contributed by atoms with E-state index >= 15 is 0 Å². The molecule has 110 valence electrons. The van der Waals surface area contributed by atoms with E-state index in [-0.39, 0.29) is 18.0 Å². The predicted molar refractivity (Wildman–Crippen MR) is 75.8 cm³/mol. The van der Waals surface area contributed by atoms with E-state index in [1.807, 2.05) is 13.8 Å². The average molecular weight is 280 g/mol. The maximum absolute atomic E-state index is 12.4. The zero-order valence-corrected chi connectivity index (χ0v) is 11.9. The smallest absolute Gasteiger partial charge is 0.323 e. The summed E-state index contributed by atoms with van der Waals surface area (Å²) in [6.45, 7) is 3.82. The summed E-state index contributed by atoms with van der Waals surface area (Å²) in [5, 5.41) is 8.91. The van der Waals surface area contributed by atoms with Crippen LogP contribution in [-0.4, -0.2) is 42.1 Å². The van der Waals surface area contributed by atoms with Crippen LogP contribution in [0.15, 0.2) is 18.2 Å². The van der Waals surface area contributed by atoms with E-state index in [2.05, 4.69) is 0 Å². The largest absolute Gasteiger partial charge is 0.497 e. The normalized spacial score (nSPS) is 10.4. The first kappa shape index (κ1) is 15.8. The number of nitrogen functional groups attached to an aromatic ring is 1. The predicted octanol–water partition coefficient (Wildman–Crippen LogP) is 1.46. The molecule has 0 spiro atoms. The van der Waals surface area contributed by atoms with Crippen molar-refractivity contribution in [2.24, 2.45) is 5.92 Å². The number of nitrogens with two attached hydrogens (primary N) is 1. The Morgan fingerprint density at radius 3 is 2.55 bits per heavy atom. The van der Waals surface area contributed by atoms with Crippen molar-refractivity contribution in [3.8, 4) is 5.75 Å². The first-order valence-corrected chi connectivity index (χ1v) is 6.29. The molecule has 0 saturated carbocycles. The molecule has 1 aromatic carbocycles. The summed E-state index contributed by atoms with van der Waals surface area (Å²) in [7, 11) is 1.49. The highest BCUT2D eigenvalue weighted by atomic mass is 16.5. The van der Waals surface area contributed by atoms with E-state index in [4.69, 9.17) is 15.6 Å². The lowest BCUT2D eigenvalue weighted by Crippen LogP contribution is -2.38. The van der Waals surface area contributed by atoms with Crippen LogP contribution in [0.2, 0.25) is 0 Å². The molecule has 0 saturated heterocycles. The second kappa shape index (κ2) is 6.79. The van der Waals surface area contributed by atoms with Crippen molar-refractivity contribution in [1.29, 1.82) is 0 Å². The topological polar surface area (TPSA) is 92.9 Å². The summed E-state index contributed by atoms with van der Waals surface area (Å²) in [4.78, 5) is 24.6. The van der Waals surface area contributed by atoms with Gasteiger partial charge in [0.15, 0.2) is 0 Å². The number of anilines is 1. The van der Waals surface area contributed by atoms with Gasteiger partial charge in [0.05, 0.1) is 12.7 Å². The summed E-state index contributed by atoms with van der Waals surface area (Å²) in [6, 6.07) is 4.74. The minimum Gasteiger partial charge on any atom is -0.497 e. The molecule has 3 N–H and O–H groups in total. The molecule has 0 radical (unpaired) electrons. The van der Waals surface area contributed by atoms with Crippen molar-refractivity contribution < 1.29 is 19.4 Å². The van der Waals surface area contributed by atoms with Gasteiger partial charge in [0.2, 0.25) is 0 Å². The summed E-state index contributed by atoms with van der Waals surface area (Å²) in [6.07, 6.45) is 0. The van der Waals surface area contributed by atoms with Gasteiger partial charge in [-0.05, 0) is 24.1 Å². The Balaban J connectivity index is 3.07. The van der Waals surface area contributed by atoms with Gasteiger partial charge in [0, 0.05) is 12.2 Å². The van der Waals surface area contributed by atoms with Crippen LogP contribution in [0.25, 0.3) is 0 Å². The van der Waals surface area contributed by atoms with Crippen LogP contribution in [0.3, 0.4) is 0 Å². The third-order valence-electron chi connectivity index (χ3n) is 2.69. The van der Waals surface area contributed by atoms with Gasteiger partial charge in [-0.1, -0.05) is 13.8 Å². The molecule has 0 fully saturated rings. The molecule has 0 aromatic heterocycles. The third kappa shape index (κ3) is 4.15. The Kier molecular flexibility index (Phi) is 5.37. The minimum atomic E-state index is -1.06. The Labute approximate surface area is 118 Å². The molecular weight excluding hydrogens is 260 g/mol. The van der Waals surface area contributed by atoms with E-state index in [1.54, 1.807) is 12.1 Å². The monoisotopic (exact) mass is 280 g/mol. The summed E-state index contributed by atoms with van der Waals surface area (Å²) in [5.41, 5.74) is 6.35. The van der Waals surface area contributed by atoms with Crippen molar-refractivity contribution in [1.82, 2.24) is 4.90 Å². The van der Waals surface area contributed by atoms with Gasteiger partial charge < -0.3 is 20.5 Å². The maximum Gasteiger partial charge on any atom is 0.323 e. The molecule has 6 nitrogen and oxygen atoms in total. The number of benzene rings is 1. The van der Waals surface area contributed by atoms with Gasteiger partial charge in [0.25, 0.3) is 5.91 Å². The average Bonchev–Trinajstić information content (AvgIpc) is 2.36. The number of hydrogen-bond donors (Lipinski definition) is 2. The first-order valence-electron chi connectivity index (χ1n) is 6.29. The number of rotatable bonds is 6. The number of methoxy groups -OCH3 is 1. The Morgan fingerprint density at radius 2 is 2.05 bits per heavy atom. The third-order valence-corrected chi connectivity index (χ3v) is 2.69. The molecule has 6 heteroatoms. The molecule has 0 aliphatic heterocycles.